The van der Waals surface area contributed by atoms with E-state index in [0.29, 0.717) is 17.7 Å². The van der Waals surface area contributed by atoms with Gasteiger partial charge in [-0.3, -0.25) is 4.79 Å². The number of nitrogens with one attached hydrogen (secondary N) is 1. The third-order valence-corrected chi connectivity index (χ3v) is 2.91. The van der Waals surface area contributed by atoms with Crippen molar-refractivity contribution < 1.29 is 0 Å². The molecule has 5 nitrogen and oxygen atoms in total. The summed E-state index contributed by atoms with van der Waals surface area (Å²) in [4.78, 5) is 22.6. The molecule has 3 rings (SSSR count). The summed E-state index contributed by atoms with van der Waals surface area (Å²) >= 11 is 0. The Labute approximate surface area is 104 Å². The van der Waals surface area contributed by atoms with Gasteiger partial charge in [0.05, 0.1) is 12.1 Å². The molecule has 0 aliphatic carbocycles. The fraction of sp³-hybridized carbons (Fsp3) is 0.0833. The van der Waals surface area contributed by atoms with Crippen LogP contribution in [-0.2, 0) is 6.54 Å². The first-order valence-corrected chi connectivity index (χ1v) is 5.70. The van der Waals surface area contributed by atoms with Crippen molar-refractivity contribution in [2.75, 3.05) is 0 Å². The highest BCUT2D eigenvalue weighted by molar-refractivity contribution is 6.30. The number of H-pyrrole nitrogens is 1. The van der Waals surface area contributed by atoms with E-state index in [0.717, 1.165) is 11.3 Å². The fourth-order valence-electron chi connectivity index (χ4n) is 2.01. The molecular formula is C12H11BN4O. The summed E-state index contributed by atoms with van der Waals surface area (Å²) in [7, 11) is 1.88. The number of rotatable bonds is 2. The molecule has 2 aromatic heterocycles. The van der Waals surface area contributed by atoms with Gasteiger partial charge in [0, 0.05) is 6.54 Å². The molecule has 0 aliphatic rings. The minimum Gasteiger partial charge on any atom is -0.317 e. The molecule has 2 heterocycles. The van der Waals surface area contributed by atoms with Crippen LogP contribution in [0, 0.1) is 0 Å². The Morgan fingerprint density at radius 3 is 2.83 bits per heavy atom. The monoisotopic (exact) mass is 238 g/mol. The van der Waals surface area contributed by atoms with Gasteiger partial charge in [0.25, 0.3) is 5.56 Å². The van der Waals surface area contributed by atoms with E-state index in [1.165, 1.54) is 6.33 Å². The highest BCUT2D eigenvalue weighted by Gasteiger charge is 2.10. The van der Waals surface area contributed by atoms with Gasteiger partial charge in [0.1, 0.15) is 0 Å². The van der Waals surface area contributed by atoms with E-state index < -0.39 is 0 Å². The van der Waals surface area contributed by atoms with Gasteiger partial charge in [0.2, 0.25) is 0 Å². The highest BCUT2D eigenvalue weighted by atomic mass is 16.1. The van der Waals surface area contributed by atoms with Gasteiger partial charge in [0.15, 0.2) is 19.0 Å². The maximum atomic E-state index is 11.6. The number of fused-ring (bicyclic) bond motifs is 1. The first-order chi connectivity index (χ1) is 8.75. The zero-order valence-corrected chi connectivity index (χ0v) is 9.92. The molecule has 0 saturated carbocycles. The van der Waals surface area contributed by atoms with Crippen molar-refractivity contribution >= 4 is 24.7 Å². The van der Waals surface area contributed by atoms with Gasteiger partial charge >= 0.3 is 0 Å². The van der Waals surface area contributed by atoms with Crippen molar-refractivity contribution in [3.05, 3.63) is 52.6 Å². The van der Waals surface area contributed by atoms with Crippen LogP contribution < -0.4 is 11.3 Å². The van der Waals surface area contributed by atoms with Crippen LogP contribution >= 0.6 is 0 Å². The predicted molar refractivity (Wildman–Crippen MR) is 71.9 cm³/mol. The Kier molecular flexibility index (Phi) is 2.48. The molecule has 18 heavy (non-hydrogen) atoms. The molecule has 0 amide bonds. The molecule has 1 aromatic carbocycles. The summed E-state index contributed by atoms with van der Waals surface area (Å²) in [5.74, 6) is 0. The molecule has 0 saturated heterocycles. The van der Waals surface area contributed by atoms with Crippen LogP contribution in [-0.4, -0.2) is 27.4 Å². The lowest BCUT2D eigenvalue weighted by atomic mass is 10.1. The normalized spacial score (nSPS) is 10.9. The largest absolute Gasteiger partial charge is 0.317 e. The number of hydrogen-bond acceptors (Lipinski definition) is 3. The van der Waals surface area contributed by atoms with Gasteiger partial charge in [-0.1, -0.05) is 30.3 Å². The van der Waals surface area contributed by atoms with Crippen molar-refractivity contribution in [1.82, 2.24) is 19.5 Å². The van der Waals surface area contributed by atoms with E-state index in [4.69, 9.17) is 0 Å². The van der Waals surface area contributed by atoms with E-state index in [1.807, 2.05) is 42.7 Å². The van der Waals surface area contributed by atoms with Crippen molar-refractivity contribution in [2.24, 2.45) is 0 Å². The predicted octanol–water partition coefficient (Wildman–Crippen LogP) is -0.574. The standard InChI is InChI=1S/C12H11BN4O/c13-12-16-9-10(14-7-15-11(9)18)17(12)6-8-4-2-1-3-5-8/h1-5,7H,6,13H2,(H,14,15,18). The highest BCUT2D eigenvalue weighted by Crippen LogP contribution is 2.06. The van der Waals surface area contributed by atoms with Gasteiger partial charge in [-0.05, 0) is 5.56 Å². The molecule has 0 radical (unpaired) electrons. The number of aromatic amines is 1. The maximum absolute atomic E-state index is 11.6. The van der Waals surface area contributed by atoms with Crippen molar-refractivity contribution in [2.45, 2.75) is 6.54 Å². The molecule has 0 spiro atoms. The third-order valence-electron chi connectivity index (χ3n) is 2.91. The Morgan fingerprint density at radius 1 is 1.28 bits per heavy atom. The second-order valence-corrected chi connectivity index (χ2v) is 4.13. The first-order valence-electron chi connectivity index (χ1n) is 5.70. The molecular weight excluding hydrogens is 227 g/mol. The van der Waals surface area contributed by atoms with Crippen molar-refractivity contribution in [3.63, 3.8) is 0 Å². The Bertz CT molecular complexity index is 748. The van der Waals surface area contributed by atoms with Crippen LogP contribution in [0.15, 0.2) is 41.5 Å². The first kappa shape index (κ1) is 10.8. The van der Waals surface area contributed by atoms with Crippen LogP contribution in [0.1, 0.15) is 5.56 Å². The summed E-state index contributed by atoms with van der Waals surface area (Å²) in [5, 5.41) is 0. The van der Waals surface area contributed by atoms with Crippen LogP contribution in [0.2, 0.25) is 0 Å². The SMILES string of the molecule is Bc1nc2c(=O)[nH]cnc2n1Cc1ccccc1. The van der Waals surface area contributed by atoms with Crippen LogP contribution in [0.4, 0.5) is 0 Å². The molecule has 1 N–H and O–H groups in total. The second kappa shape index (κ2) is 4.14. The van der Waals surface area contributed by atoms with Gasteiger partial charge < -0.3 is 9.55 Å². The van der Waals surface area contributed by atoms with Crippen molar-refractivity contribution in [3.8, 4) is 0 Å². The summed E-state index contributed by atoms with van der Waals surface area (Å²) in [6.07, 6.45) is 1.41. The molecule has 0 atom stereocenters. The summed E-state index contributed by atoms with van der Waals surface area (Å²) in [6.45, 7) is 0.666. The zero-order valence-electron chi connectivity index (χ0n) is 9.92. The van der Waals surface area contributed by atoms with Gasteiger partial charge in [-0.15, -0.1) is 0 Å². The molecule has 88 valence electrons. The molecule has 0 unspecified atom stereocenters. The maximum Gasteiger partial charge on any atom is 0.278 e. The minimum absolute atomic E-state index is 0.199. The quantitative estimate of drug-likeness (QED) is 0.608. The molecule has 0 fully saturated rings. The van der Waals surface area contributed by atoms with E-state index in [-0.39, 0.29) is 5.56 Å². The molecule has 0 aliphatic heterocycles. The number of imidazole rings is 1. The van der Waals surface area contributed by atoms with E-state index in [2.05, 4.69) is 15.0 Å². The Balaban J connectivity index is 2.15. The summed E-state index contributed by atoms with van der Waals surface area (Å²) in [6, 6.07) is 10.0. The van der Waals surface area contributed by atoms with Crippen LogP contribution in [0.3, 0.4) is 0 Å². The smallest absolute Gasteiger partial charge is 0.278 e. The average Bonchev–Trinajstić information content (AvgIpc) is 2.70. The lowest BCUT2D eigenvalue weighted by Gasteiger charge is -2.05. The van der Waals surface area contributed by atoms with E-state index >= 15 is 0 Å². The lowest BCUT2D eigenvalue weighted by molar-refractivity contribution is 0.839. The summed E-state index contributed by atoms with van der Waals surface area (Å²) < 4.78 is 1.94. The van der Waals surface area contributed by atoms with Crippen LogP contribution in [0.25, 0.3) is 11.2 Å². The van der Waals surface area contributed by atoms with E-state index in [1.54, 1.807) is 0 Å². The van der Waals surface area contributed by atoms with Crippen molar-refractivity contribution in [1.29, 1.82) is 0 Å². The number of nitrogens with zero attached hydrogens (tertiary/aromatic N) is 3. The van der Waals surface area contributed by atoms with Crippen LogP contribution in [0.5, 0.6) is 0 Å². The number of benzene rings is 1. The van der Waals surface area contributed by atoms with E-state index in [9.17, 15) is 4.79 Å². The zero-order chi connectivity index (χ0) is 12.5. The van der Waals surface area contributed by atoms with Gasteiger partial charge in [-0.2, -0.15) is 0 Å². The second-order valence-electron chi connectivity index (χ2n) is 4.13. The number of hydrogen-bond donors (Lipinski definition) is 1. The molecule has 3 aromatic rings. The number of aromatic nitrogens is 4. The average molecular weight is 238 g/mol. The third kappa shape index (κ3) is 1.71. The Morgan fingerprint density at radius 2 is 2.06 bits per heavy atom. The molecule has 0 bridgehead atoms. The molecule has 6 heteroatoms. The minimum atomic E-state index is -0.199. The van der Waals surface area contributed by atoms with Gasteiger partial charge in [-0.25, -0.2) is 9.97 Å². The summed E-state index contributed by atoms with van der Waals surface area (Å²) in [5.41, 5.74) is 2.76. The topological polar surface area (TPSA) is 63.6 Å². The fourth-order valence-corrected chi connectivity index (χ4v) is 2.01. The lowest BCUT2D eigenvalue weighted by Crippen LogP contribution is -2.19. The Hall–Kier alpha value is -2.37.